The molecule has 5 nitrogen and oxygen atoms in total. The molecule has 0 saturated carbocycles. The van der Waals surface area contributed by atoms with E-state index in [1.807, 2.05) is 61.5 Å². The molecular weight excluding hydrogens is 432 g/mol. The third-order valence-electron chi connectivity index (χ3n) is 6.11. The van der Waals surface area contributed by atoms with Crippen LogP contribution in [-0.2, 0) is 0 Å². The number of aromatic nitrogens is 3. The second kappa shape index (κ2) is 8.61. The quantitative estimate of drug-likeness (QED) is 0.277. The molecule has 0 aliphatic carbocycles. The predicted octanol–water partition coefficient (Wildman–Crippen LogP) is 7.10. The molecule has 0 spiro atoms. The van der Waals surface area contributed by atoms with Crippen molar-refractivity contribution in [3.8, 4) is 28.6 Å². The fourth-order valence-electron chi connectivity index (χ4n) is 4.45. The molecule has 0 bridgehead atoms. The van der Waals surface area contributed by atoms with Gasteiger partial charge in [-0.1, -0.05) is 54.6 Å². The lowest BCUT2D eigenvalue weighted by Gasteiger charge is -2.14. The van der Waals surface area contributed by atoms with Crippen molar-refractivity contribution in [2.24, 2.45) is 0 Å². The number of para-hydroxylation sites is 1. The lowest BCUT2D eigenvalue weighted by atomic mass is 10.0. The molecule has 0 saturated heterocycles. The second-order valence-corrected chi connectivity index (χ2v) is 8.63. The molecular formula is C30H24N4O. The molecule has 0 amide bonds. The van der Waals surface area contributed by atoms with Crippen molar-refractivity contribution >= 4 is 27.6 Å². The average Bonchev–Trinajstić information content (AvgIpc) is 3.23. The second-order valence-electron chi connectivity index (χ2n) is 8.63. The molecule has 0 fully saturated rings. The summed E-state index contributed by atoms with van der Waals surface area (Å²) in [6, 6.07) is 35.0. The van der Waals surface area contributed by atoms with Crippen LogP contribution < -0.4 is 9.64 Å². The maximum atomic E-state index is 5.97. The van der Waals surface area contributed by atoms with E-state index in [1.165, 1.54) is 10.8 Å². The van der Waals surface area contributed by atoms with E-state index in [-0.39, 0.29) is 0 Å². The van der Waals surface area contributed by atoms with E-state index in [0.29, 0.717) is 5.88 Å². The first-order valence-corrected chi connectivity index (χ1v) is 11.5. The van der Waals surface area contributed by atoms with Crippen LogP contribution in [0.3, 0.4) is 0 Å². The standard InChI is InChI=1S/C30H24N4O/c1-33(2)28-13-8-14-29(32-28)34-26-12-4-3-11-24(26)25-17-16-22(20-27(25)34)21-9-7-10-23(19-21)35-30-15-5-6-18-31-30/h3-20H,1-2H3. The Kier molecular flexibility index (Phi) is 5.15. The summed E-state index contributed by atoms with van der Waals surface area (Å²) in [7, 11) is 4.02. The number of nitrogens with zero attached hydrogens (tertiary/aromatic N) is 4. The summed E-state index contributed by atoms with van der Waals surface area (Å²) in [6.07, 6.45) is 1.73. The molecule has 0 radical (unpaired) electrons. The SMILES string of the molecule is CN(C)c1cccc(-n2c3ccccc3c3ccc(-c4cccc(Oc5ccccn5)c4)cc32)n1. The molecule has 0 unspecified atom stereocenters. The fraction of sp³-hybridized carbons (Fsp3) is 0.0667. The van der Waals surface area contributed by atoms with Crippen molar-refractivity contribution in [1.29, 1.82) is 0 Å². The van der Waals surface area contributed by atoms with Crippen LogP contribution in [0.15, 0.2) is 109 Å². The van der Waals surface area contributed by atoms with Crippen molar-refractivity contribution in [3.63, 3.8) is 0 Å². The Morgan fingerprint density at radius 1 is 0.686 bits per heavy atom. The Morgan fingerprint density at radius 3 is 2.34 bits per heavy atom. The number of fused-ring (bicyclic) bond motifs is 3. The number of hydrogen-bond donors (Lipinski definition) is 0. The van der Waals surface area contributed by atoms with Gasteiger partial charge in [0.2, 0.25) is 5.88 Å². The molecule has 3 aromatic carbocycles. The molecule has 3 heterocycles. The van der Waals surface area contributed by atoms with E-state index in [2.05, 4.69) is 70.2 Å². The smallest absolute Gasteiger partial charge is 0.219 e. The first-order valence-electron chi connectivity index (χ1n) is 11.5. The Hall–Kier alpha value is -4.64. The number of pyridine rings is 2. The third-order valence-corrected chi connectivity index (χ3v) is 6.11. The number of anilines is 1. The van der Waals surface area contributed by atoms with Crippen LogP contribution in [0.4, 0.5) is 5.82 Å². The van der Waals surface area contributed by atoms with Crippen molar-refractivity contribution in [3.05, 3.63) is 109 Å². The molecule has 5 heteroatoms. The summed E-state index contributed by atoms with van der Waals surface area (Å²) in [5.41, 5.74) is 4.43. The van der Waals surface area contributed by atoms with Crippen LogP contribution in [0.5, 0.6) is 11.6 Å². The van der Waals surface area contributed by atoms with Crippen LogP contribution in [0, 0.1) is 0 Å². The number of rotatable bonds is 5. The van der Waals surface area contributed by atoms with Gasteiger partial charge in [-0.25, -0.2) is 9.97 Å². The van der Waals surface area contributed by atoms with E-state index in [0.717, 1.165) is 39.5 Å². The summed E-state index contributed by atoms with van der Waals surface area (Å²) >= 11 is 0. The van der Waals surface area contributed by atoms with Gasteiger partial charge in [0, 0.05) is 37.1 Å². The maximum absolute atomic E-state index is 5.97. The normalized spacial score (nSPS) is 11.1. The minimum Gasteiger partial charge on any atom is -0.439 e. The Balaban J connectivity index is 1.51. The van der Waals surface area contributed by atoms with Gasteiger partial charge in [0.05, 0.1) is 11.0 Å². The zero-order valence-corrected chi connectivity index (χ0v) is 19.6. The Labute approximate surface area is 203 Å². The van der Waals surface area contributed by atoms with Crippen LogP contribution in [0.25, 0.3) is 38.8 Å². The van der Waals surface area contributed by atoms with Crippen molar-refractivity contribution < 1.29 is 4.74 Å². The minimum atomic E-state index is 0.576. The predicted molar refractivity (Wildman–Crippen MR) is 143 cm³/mol. The van der Waals surface area contributed by atoms with Gasteiger partial charge in [-0.2, -0.15) is 0 Å². The van der Waals surface area contributed by atoms with E-state index in [1.54, 1.807) is 6.20 Å². The van der Waals surface area contributed by atoms with Crippen LogP contribution in [-0.4, -0.2) is 28.6 Å². The van der Waals surface area contributed by atoms with Crippen molar-refractivity contribution in [1.82, 2.24) is 14.5 Å². The Morgan fingerprint density at radius 2 is 1.49 bits per heavy atom. The highest BCUT2D eigenvalue weighted by Gasteiger charge is 2.15. The molecule has 6 aromatic rings. The number of benzene rings is 3. The first kappa shape index (κ1) is 20.9. The highest BCUT2D eigenvalue weighted by Crippen LogP contribution is 2.35. The fourth-order valence-corrected chi connectivity index (χ4v) is 4.45. The molecule has 0 aliphatic rings. The summed E-state index contributed by atoms with van der Waals surface area (Å²) in [5, 5.41) is 2.40. The van der Waals surface area contributed by atoms with Gasteiger partial charge >= 0.3 is 0 Å². The van der Waals surface area contributed by atoms with E-state index in [4.69, 9.17) is 9.72 Å². The number of ether oxygens (including phenoxy) is 1. The van der Waals surface area contributed by atoms with Gasteiger partial charge in [-0.05, 0) is 53.6 Å². The molecule has 35 heavy (non-hydrogen) atoms. The minimum absolute atomic E-state index is 0.576. The lowest BCUT2D eigenvalue weighted by Crippen LogP contribution is -2.11. The van der Waals surface area contributed by atoms with Gasteiger partial charge in [-0.3, -0.25) is 4.57 Å². The van der Waals surface area contributed by atoms with Gasteiger partial charge in [0.15, 0.2) is 0 Å². The van der Waals surface area contributed by atoms with Gasteiger partial charge in [-0.15, -0.1) is 0 Å². The summed E-state index contributed by atoms with van der Waals surface area (Å²) < 4.78 is 8.22. The lowest BCUT2D eigenvalue weighted by molar-refractivity contribution is 0.463. The topological polar surface area (TPSA) is 43.2 Å². The van der Waals surface area contributed by atoms with Crippen LogP contribution in [0.2, 0.25) is 0 Å². The zero-order valence-electron chi connectivity index (χ0n) is 19.6. The highest BCUT2D eigenvalue weighted by atomic mass is 16.5. The molecule has 0 aliphatic heterocycles. The van der Waals surface area contributed by atoms with Crippen molar-refractivity contribution in [2.45, 2.75) is 0 Å². The summed E-state index contributed by atoms with van der Waals surface area (Å²) in [5.74, 6) is 3.14. The third kappa shape index (κ3) is 3.87. The molecule has 0 atom stereocenters. The van der Waals surface area contributed by atoms with Gasteiger partial charge in [0.25, 0.3) is 0 Å². The largest absolute Gasteiger partial charge is 0.439 e. The molecule has 170 valence electrons. The van der Waals surface area contributed by atoms with E-state index >= 15 is 0 Å². The van der Waals surface area contributed by atoms with E-state index in [9.17, 15) is 0 Å². The summed E-state index contributed by atoms with van der Waals surface area (Å²) in [6.45, 7) is 0. The maximum Gasteiger partial charge on any atom is 0.219 e. The molecule has 0 N–H and O–H groups in total. The van der Waals surface area contributed by atoms with Gasteiger partial charge < -0.3 is 9.64 Å². The van der Waals surface area contributed by atoms with Crippen LogP contribution in [0.1, 0.15) is 0 Å². The molecule has 3 aromatic heterocycles. The highest BCUT2D eigenvalue weighted by molar-refractivity contribution is 6.10. The average molecular weight is 457 g/mol. The first-order chi connectivity index (χ1) is 17.2. The number of hydrogen-bond acceptors (Lipinski definition) is 4. The monoisotopic (exact) mass is 456 g/mol. The Bertz CT molecular complexity index is 1650. The summed E-state index contributed by atoms with van der Waals surface area (Å²) in [4.78, 5) is 11.2. The zero-order chi connectivity index (χ0) is 23.8. The van der Waals surface area contributed by atoms with Crippen LogP contribution >= 0.6 is 0 Å². The van der Waals surface area contributed by atoms with E-state index < -0.39 is 0 Å². The van der Waals surface area contributed by atoms with Gasteiger partial charge in [0.1, 0.15) is 17.4 Å². The van der Waals surface area contributed by atoms with Crippen molar-refractivity contribution in [2.75, 3.05) is 19.0 Å². The molecule has 6 rings (SSSR count).